The molecule has 0 aliphatic heterocycles. The predicted molar refractivity (Wildman–Crippen MR) is 72.3 cm³/mol. The van der Waals surface area contributed by atoms with E-state index in [9.17, 15) is 0 Å². The molecule has 2 aromatic rings. The van der Waals surface area contributed by atoms with Crippen molar-refractivity contribution in [1.82, 2.24) is 4.98 Å². The lowest BCUT2D eigenvalue weighted by Crippen LogP contribution is -2.06. The molecule has 0 radical (unpaired) electrons. The van der Waals surface area contributed by atoms with E-state index in [-0.39, 0.29) is 5.38 Å². The lowest BCUT2D eigenvalue weighted by molar-refractivity contribution is 0.732. The number of hydrogen-bond acceptors (Lipinski definition) is 1. The van der Waals surface area contributed by atoms with Crippen LogP contribution in [-0.4, -0.2) is 10.4 Å². The fourth-order valence-corrected chi connectivity index (χ4v) is 2.08. The Hall–Kier alpha value is -1.34. The van der Waals surface area contributed by atoms with Gasteiger partial charge in [-0.2, -0.15) is 0 Å². The van der Waals surface area contributed by atoms with Crippen molar-refractivity contribution in [2.45, 2.75) is 24.6 Å². The van der Waals surface area contributed by atoms with Gasteiger partial charge in [0.05, 0.1) is 0 Å². The van der Waals surface area contributed by atoms with Crippen LogP contribution in [-0.2, 0) is 12.8 Å². The third kappa shape index (κ3) is 4.20. The summed E-state index contributed by atoms with van der Waals surface area (Å²) in [5.41, 5.74) is 2.42. The van der Waals surface area contributed by atoms with Crippen LogP contribution in [0.25, 0.3) is 0 Å². The van der Waals surface area contributed by atoms with E-state index in [1.165, 1.54) is 5.56 Å². The summed E-state index contributed by atoms with van der Waals surface area (Å²) in [5, 5.41) is 0.158. The maximum atomic E-state index is 6.33. The van der Waals surface area contributed by atoms with Gasteiger partial charge in [-0.3, -0.25) is 4.98 Å². The van der Waals surface area contributed by atoms with Crippen LogP contribution < -0.4 is 0 Å². The van der Waals surface area contributed by atoms with E-state index in [1.807, 2.05) is 30.5 Å². The first-order valence-corrected chi connectivity index (χ1v) is 6.36. The second kappa shape index (κ2) is 6.41. The van der Waals surface area contributed by atoms with Gasteiger partial charge >= 0.3 is 0 Å². The van der Waals surface area contributed by atoms with Crippen molar-refractivity contribution < 1.29 is 0 Å². The lowest BCUT2D eigenvalue weighted by Gasteiger charge is -2.08. The molecule has 0 N–H and O–H groups in total. The molecule has 0 fully saturated rings. The van der Waals surface area contributed by atoms with Crippen molar-refractivity contribution in [2.75, 3.05) is 0 Å². The van der Waals surface area contributed by atoms with Crippen molar-refractivity contribution in [1.29, 1.82) is 0 Å². The standard InChI is InChI=1S/C15H16ClN/c16-14(12-15-8-4-5-11-17-15)10-9-13-6-2-1-3-7-13/h1-8,11,14H,9-10,12H2. The quantitative estimate of drug-likeness (QED) is 0.729. The highest BCUT2D eigenvalue weighted by Crippen LogP contribution is 2.13. The van der Waals surface area contributed by atoms with Crippen molar-refractivity contribution in [3.63, 3.8) is 0 Å². The first-order valence-electron chi connectivity index (χ1n) is 5.92. The van der Waals surface area contributed by atoms with E-state index in [1.54, 1.807) is 0 Å². The number of alkyl halides is 1. The van der Waals surface area contributed by atoms with Gasteiger partial charge in [0.1, 0.15) is 0 Å². The number of rotatable bonds is 5. The minimum Gasteiger partial charge on any atom is -0.261 e. The van der Waals surface area contributed by atoms with Crippen LogP contribution >= 0.6 is 11.6 Å². The molecule has 1 unspecified atom stereocenters. The van der Waals surface area contributed by atoms with Gasteiger partial charge in [-0.1, -0.05) is 36.4 Å². The van der Waals surface area contributed by atoms with Crippen LogP contribution in [0.4, 0.5) is 0 Å². The van der Waals surface area contributed by atoms with Crippen molar-refractivity contribution in [2.24, 2.45) is 0 Å². The minimum absolute atomic E-state index is 0.158. The van der Waals surface area contributed by atoms with Crippen molar-refractivity contribution in [3.8, 4) is 0 Å². The molecule has 0 aliphatic carbocycles. The maximum Gasteiger partial charge on any atom is 0.0418 e. The van der Waals surface area contributed by atoms with Gasteiger partial charge in [0.2, 0.25) is 0 Å². The molecule has 1 aromatic carbocycles. The molecule has 0 amide bonds. The van der Waals surface area contributed by atoms with Gasteiger partial charge in [0.15, 0.2) is 0 Å². The Bertz CT molecular complexity index is 427. The van der Waals surface area contributed by atoms with E-state index in [0.29, 0.717) is 0 Å². The van der Waals surface area contributed by atoms with E-state index in [0.717, 1.165) is 25.0 Å². The van der Waals surface area contributed by atoms with Crippen LogP contribution in [0.2, 0.25) is 0 Å². The Morgan fingerprint density at radius 3 is 2.47 bits per heavy atom. The molecule has 17 heavy (non-hydrogen) atoms. The maximum absolute atomic E-state index is 6.33. The highest BCUT2D eigenvalue weighted by Gasteiger charge is 2.06. The molecule has 2 rings (SSSR count). The molecule has 2 heteroatoms. The molecule has 0 bridgehead atoms. The summed E-state index contributed by atoms with van der Waals surface area (Å²) in [7, 11) is 0. The third-order valence-electron chi connectivity index (χ3n) is 2.75. The summed E-state index contributed by atoms with van der Waals surface area (Å²) in [6, 6.07) is 16.4. The molecule has 0 aliphatic rings. The summed E-state index contributed by atoms with van der Waals surface area (Å²) in [5.74, 6) is 0. The minimum atomic E-state index is 0.158. The number of benzene rings is 1. The van der Waals surface area contributed by atoms with Crippen LogP contribution in [0, 0.1) is 0 Å². The largest absolute Gasteiger partial charge is 0.261 e. The molecular weight excluding hydrogens is 230 g/mol. The summed E-state index contributed by atoms with van der Waals surface area (Å²) in [6.45, 7) is 0. The number of nitrogens with zero attached hydrogens (tertiary/aromatic N) is 1. The van der Waals surface area contributed by atoms with E-state index in [4.69, 9.17) is 11.6 Å². The molecule has 0 spiro atoms. The number of aryl methyl sites for hydroxylation is 1. The Labute approximate surface area is 107 Å². The van der Waals surface area contributed by atoms with E-state index >= 15 is 0 Å². The Balaban J connectivity index is 1.80. The second-order valence-electron chi connectivity index (χ2n) is 4.15. The first kappa shape index (κ1) is 12.1. The number of hydrogen-bond donors (Lipinski definition) is 0. The van der Waals surface area contributed by atoms with Crippen molar-refractivity contribution in [3.05, 3.63) is 66.0 Å². The SMILES string of the molecule is ClC(CCc1ccccc1)Cc1ccccn1. The molecule has 0 saturated heterocycles. The van der Waals surface area contributed by atoms with Gasteiger partial charge in [-0.15, -0.1) is 11.6 Å². The van der Waals surface area contributed by atoms with Crippen molar-refractivity contribution >= 4 is 11.6 Å². The second-order valence-corrected chi connectivity index (χ2v) is 4.76. The zero-order chi connectivity index (χ0) is 11.9. The van der Waals surface area contributed by atoms with E-state index in [2.05, 4.69) is 29.2 Å². The zero-order valence-electron chi connectivity index (χ0n) is 9.72. The highest BCUT2D eigenvalue weighted by atomic mass is 35.5. The fourth-order valence-electron chi connectivity index (χ4n) is 1.82. The number of aromatic nitrogens is 1. The Morgan fingerprint density at radius 2 is 1.76 bits per heavy atom. The fraction of sp³-hybridized carbons (Fsp3) is 0.267. The van der Waals surface area contributed by atoms with Crippen LogP contribution in [0.15, 0.2) is 54.7 Å². The number of pyridine rings is 1. The van der Waals surface area contributed by atoms with Crippen LogP contribution in [0.3, 0.4) is 0 Å². The zero-order valence-corrected chi connectivity index (χ0v) is 10.5. The average Bonchev–Trinajstić information content (AvgIpc) is 2.39. The summed E-state index contributed by atoms with van der Waals surface area (Å²) < 4.78 is 0. The summed E-state index contributed by atoms with van der Waals surface area (Å²) in [6.07, 6.45) is 4.68. The molecule has 1 heterocycles. The van der Waals surface area contributed by atoms with E-state index < -0.39 is 0 Å². The van der Waals surface area contributed by atoms with Gasteiger partial charge < -0.3 is 0 Å². The van der Waals surface area contributed by atoms with Gasteiger partial charge in [-0.05, 0) is 30.5 Å². The topological polar surface area (TPSA) is 12.9 Å². The van der Waals surface area contributed by atoms with Crippen LogP contribution in [0.5, 0.6) is 0 Å². The smallest absolute Gasteiger partial charge is 0.0418 e. The summed E-state index contributed by atoms with van der Waals surface area (Å²) >= 11 is 6.33. The third-order valence-corrected chi connectivity index (χ3v) is 3.12. The normalized spacial score (nSPS) is 12.3. The Kier molecular flexibility index (Phi) is 4.57. The predicted octanol–water partition coefficient (Wildman–Crippen LogP) is 3.86. The average molecular weight is 246 g/mol. The molecule has 1 nitrogen and oxygen atoms in total. The molecule has 1 atom stereocenters. The molecule has 0 saturated carbocycles. The first-order chi connectivity index (χ1) is 8.34. The molecule has 1 aromatic heterocycles. The summed E-state index contributed by atoms with van der Waals surface area (Å²) in [4.78, 5) is 4.29. The van der Waals surface area contributed by atoms with Gasteiger partial charge in [0.25, 0.3) is 0 Å². The molecular formula is C15H16ClN. The van der Waals surface area contributed by atoms with Gasteiger partial charge in [0, 0.05) is 23.7 Å². The monoisotopic (exact) mass is 245 g/mol. The van der Waals surface area contributed by atoms with Gasteiger partial charge in [-0.25, -0.2) is 0 Å². The Morgan fingerprint density at radius 1 is 1.00 bits per heavy atom. The highest BCUT2D eigenvalue weighted by molar-refractivity contribution is 6.20. The van der Waals surface area contributed by atoms with Crippen LogP contribution in [0.1, 0.15) is 17.7 Å². The number of halogens is 1. The lowest BCUT2D eigenvalue weighted by atomic mass is 10.1. The molecule has 88 valence electrons.